The quantitative estimate of drug-likeness (QED) is 0.0552. The van der Waals surface area contributed by atoms with Crippen LogP contribution in [0.1, 0.15) is 85.1 Å². The second kappa shape index (κ2) is 22.6. The Morgan fingerprint density at radius 1 is 0.667 bits per heavy atom. The first-order valence-electron chi connectivity index (χ1n) is 18.7. The second-order valence-corrected chi connectivity index (χ2v) is 14.4. The molecule has 314 valence electrons. The van der Waals surface area contributed by atoms with Crippen LogP contribution in [-0.4, -0.2) is 94.3 Å². The van der Waals surface area contributed by atoms with Crippen molar-refractivity contribution in [2.45, 2.75) is 117 Å². The van der Waals surface area contributed by atoms with E-state index >= 15 is 0 Å². The number of carbonyl (C=O) groups excluding carboxylic acids is 6. The summed E-state index contributed by atoms with van der Waals surface area (Å²) < 4.78 is 5.28. The lowest BCUT2D eigenvalue weighted by Gasteiger charge is -2.29. The van der Waals surface area contributed by atoms with Crippen LogP contribution in [0.4, 0.5) is 5.69 Å². The number of nitrogens with one attached hydrogen (secondary N) is 6. The summed E-state index contributed by atoms with van der Waals surface area (Å²) in [6.07, 6.45) is -0.554. The van der Waals surface area contributed by atoms with Gasteiger partial charge in [-0.15, -0.1) is 0 Å². The lowest BCUT2D eigenvalue weighted by Crippen LogP contribution is -2.60. The third-order valence-corrected chi connectivity index (χ3v) is 8.91. The van der Waals surface area contributed by atoms with Gasteiger partial charge in [0.2, 0.25) is 35.4 Å². The number of fused-ring (bicyclic) bond motifs is 1. The van der Waals surface area contributed by atoms with Crippen LogP contribution in [0.2, 0.25) is 0 Å². The van der Waals surface area contributed by atoms with E-state index in [1.54, 1.807) is 46.8 Å². The molecule has 0 saturated carbocycles. The molecule has 0 spiro atoms. The maximum Gasteiger partial charge on any atom is 0.336 e. The Bertz CT molecular complexity index is 1840. The number of anilines is 1. The third-order valence-electron chi connectivity index (χ3n) is 8.91. The van der Waals surface area contributed by atoms with Crippen LogP contribution in [0.15, 0.2) is 33.5 Å². The highest BCUT2D eigenvalue weighted by molar-refractivity contribution is 6.00. The highest BCUT2D eigenvalue weighted by Crippen LogP contribution is 2.21. The summed E-state index contributed by atoms with van der Waals surface area (Å²) in [7, 11) is 0. The highest BCUT2D eigenvalue weighted by atomic mass is 16.4. The van der Waals surface area contributed by atoms with Crippen LogP contribution < -0.4 is 43.3 Å². The third kappa shape index (κ3) is 15.7. The van der Waals surface area contributed by atoms with Crippen molar-refractivity contribution >= 4 is 64.0 Å². The van der Waals surface area contributed by atoms with Crippen molar-refractivity contribution < 1.29 is 53.0 Å². The van der Waals surface area contributed by atoms with E-state index in [9.17, 15) is 48.3 Å². The van der Waals surface area contributed by atoms with Gasteiger partial charge in [0, 0.05) is 43.0 Å². The van der Waals surface area contributed by atoms with Crippen LogP contribution in [0.5, 0.6) is 0 Å². The largest absolute Gasteiger partial charge is 0.481 e. The molecule has 10 N–H and O–H groups in total. The molecule has 0 radical (unpaired) electrons. The van der Waals surface area contributed by atoms with Gasteiger partial charge in [-0.1, -0.05) is 27.7 Å². The van der Waals surface area contributed by atoms with E-state index in [0.29, 0.717) is 36.0 Å². The van der Waals surface area contributed by atoms with Gasteiger partial charge in [0.1, 0.15) is 35.8 Å². The van der Waals surface area contributed by atoms with Crippen LogP contribution in [-0.2, 0) is 38.4 Å². The zero-order valence-electron chi connectivity index (χ0n) is 33.1. The van der Waals surface area contributed by atoms with Gasteiger partial charge >= 0.3 is 17.6 Å². The average molecular weight is 802 g/mol. The van der Waals surface area contributed by atoms with Gasteiger partial charge in [-0.05, 0) is 75.1 Å². The van der Waals surface area contributed by atoms with E-state index in [2.05, 4.69) is 31.9 Å². The molecular formula is C38H55N7O12. The zero-order valence-corrected chi connectivity index (χ0v) is 33.1. The number of rotatable bonds is 23. The van der Waals surface area contributed by atoms with Gasteiger partial charge in [-0.2, -0.15) is 0 Å². The molecule has 0 aliphatic carbocycles. The summed E-state index contributed by atoms with van der Waals surface area (Å²) in [6, 6.07) is -0.270. The fraction of sp³-hybridized carbons (Fsp3) is 0.553. The fourth-order valence-electron chi connectivity index (χ4n) is 5.81. The van der Waals surface area contributed by atoms with E-state index < -0.39 is 114 Å². The standard InChI is InChI=1S/C38H55N7O12/c1-19(2)32(37(55)43-25(9-7-8-16-39)34(52)41-23-10-11-24-21(5)17-31(51)57-28(24)18-23)45-38(56)33(20(3)4)44-36(54)27(13-15-30(49)50)42-35(53)26(40-22(6)46)12-14-29(47)48/h10-11,17-20,25-27,32-33H,7-9,12-16,39H2,1-6H3,(H,40,46)(H,41,52)(H,42,53)(H,43,55)(H,44,54)(H,45,56)(H,47,48)(H,49,50)/t25-,26-,27-,32-,33-/m0/s1. The maximum absolute atomic E-state index is 13.8. The van der Waals surface area contributed by atoms with Crippen LogP contribution >= 0.6 is 0 Å². The zero-order chi connectivity index (χ0) is 43.0. The van der Waals surface area contributed by atoms with Crippen molar-refractivity contribution in [3.8, 4) is 0 Å². The molecule has 0 aliphatic rings. The topological polar surface area (TPSA) is 305 Å². The fourth-order valence-corrected chi connectivity index (χ4v) is 5.81. The predicted molar refractivity (Wildman–Crippen MR) is 207 cm³/mol. The number of hydrogen-bond donors (Lipinski definition) is 9. The number of aryl methyl sites for hydroxylation is 1. The highest BCUT2D eigenvalue weighted by Gasteiger charge is 2.35. The first kappa shape index (κ1) is 47.3. The average Bonchev–Trinajstić information content (AvgIpc) is 3.11. The molecule has 6 amide bonds. The van der Waals surface area contributed by atoms with Gasteiger partial charge in [-0.3, -0.25) is 38.4 Å². The number of unbranched alkanes of at least 4 members (excludes halogenated alkanes) is 1. The molecule has 57 heavy (non-hydrogen) atoms. The van der Waals surface area contributed by atoms with Crippen molar-refractivity contribution in [3.05, 3.63) is 40.2 Å². The number of carbonyl (C=O) groups is 8. The Labute approximate surface area is 329 Å². The molecule has 5 atom stereocenters. The van der Waals surface area contributed by atoms with Crippen LogP contribution in [0.25, 0.3) is 11.0 Å². The normalized spacial score (nSPS) is 13.8. The van der Waals surface area contributed by atoms with Crippen molar-refractivity contribution in [3.63, 3.8) is 0 Å². The minimum atomic E-state index is -1.51. The molecule has 2 aromatic rings. The smallest absolute Gasteiger partial charge is 0.336 e. The molecule has 0 aliphatic heterocycles. The number of aliphatic carboxylic acids is 2. The Morgan fingerprint density at radius 3 is 1.68 bits per heavy atom. The Hall–Kier alpha value is -5.85. The minimum absolute atomic E-state index is 0.197. The number of amides is 6. The van der Waals surface area contributed by atoms with Crippen molar-refractivity contribution in [2.24, 2.45) is 17.6 Å². The number of benzene rings is 1. The molecule has 0 fully saturated rings. The molecule has 19 nitrogen and oxygen atoms in total. The first-order chi connectivity index (χ1) is 26.7. The van der Waals surface area contributed by atoms with E-state index in [0.717, 1.165) is 6.92 Å². The molecule has 1 aromatic carbocycles. The lowest BCUT2D eigenvalue weighted by molar-refractivity contribution is -0.140. The van der Waals surface area contributed by atoms with Gasteiger partial charge < -0.3 is 52.3 Å². The van der Waals surface area contributed by atoms with Gasteiger partial charge in [0.25, 0.3) is 0 Å². The van der Waals surface area contributed by atoms with Crippen LogP contribution in [0.3, 0.4) is 0 Å². The number of carboxylic acid groups (broad SMARTS) is 2. The monoisotopic (exact) mass is 801 g/mol. The maximum atomic E-state index is 13.8. The van der Waals surface area contributed by atoms with Gasteiger partial charge in [0.15, 0.2) is 0 Å². The van der Waals surface area contributed by atoms with E-state index in [1.165, 1.54) is 12.1 Å². The molecule has 1 heterocycles. The molecule has 1 aromatic heterocycles. The SMILES string of the molecule is CC(=O)N[C@@H](CCC(=O)O)C(=O)N[C@@H](CCC(=O)O)C(=O)N[C@H](C(=O)N[C@H](C(=O)N[C@@H](CCCCN)C(=O)Nc1ccc2c(C)cc(=O)oc2c1)C(C)C)C(C)C. The number of nitrogens with two attached hydrogens (primary N) is 1. The van der Waals surface area contributed by atoms with E-state index in [-0.39, 0.29) is 18.4 Å². The predicted octanol–water partition coefficient (Wildman–Crippen LogP) is 0.654. The second-order valence-electron chi connectivity index (χ2n) is 14.4. The van der Waals surface area contributed by atoms with Gasteiger partial charge in [0.05, 0.1) is 0 Å². The van der Waals surface area contributed by atoms with Crippen LogP contribution in [0, 0.1) is 18.8 Å². The molecular weight excluding hydrogens is 746 g/mol. The van der Waals surface area contributed by atoms with Crippen molar-refractivity contribution in [1.82, 2.24) is 26.6 Å². The number of carboxylic acids is 2. The van der Waals surface area contributed by atoms with Crippen molar-refractivity contribution in [2.75, 3.05) is 11.9 Å². The van der Waals surface area contributed by atoms with E-state index in [4.69, 9.17) is 15.3 Å². The summed E-state index contributed by atoms with van der Waals surface area (Å²) in [5, 5.41) is 34.3. The van der Waals surface area contributed by atoms with Crippen molar-refractivity contribution in [1.29, 1.82) is 0 Å². The van der Waals surface area contributed by atoms with Gasteiger partial charge in [-0.25, -0.2) is 4.79 Å². The summed E-state index contributed by atoms with van der Waals surface area (Å²) >= 11 is 0. The number of hydrogen-bond acceptors (Lipinski definition) is 11. The molecule has 19 heteroatoms. The molecule has 2 rings (SSSR count). The Kier molecular flexibility index (Phi) is 18.8. The molecule has 0 unspecified atom stereocenters. The van der Waals surface area contributed by atoms with E-state index in [1.807, 2.05) is 0 Å². The summed E-state index contributed by atoms with van der Waals surface area (Å²) in [5.41, 5.74) is 6.38. The summed E-state index contributed by atoms with van der Waals surface area (Å²) in [4.78, 5) is 114. The minimum Gasteiger partial charge on any atom is -0.481 e. The summed E-state index contributed by atoms with van der Waals surface area (Å²) in [5.74, 6) is -8.22. The first-order valence-corrected chi connectivity index (χ1v) is 18.7. The lowest BCUT2D eigenvalue weighted by atomic mass is 9.98. The molecule has 0 saturated heterocycles. The summed E-state index contributed by atoms with van der Waals surface area (Å²) in [6.45, 7) is 9.75. The Balaban J connectivity index is 2.28. The molecule has 0 bridgehead atoms. The Morgan fingerprint density at radius 2 is 1.16 bits per heavy atom.